The molecule has 1 amide bonds. The molecule has 2 rings (SSSR count). The number of rotatable bonds is 4. The van der Waals surface area contributed by atoms with Gasteiger partial charge in [0.2, 0.25) is 0 Å². The number of hydrogen-bond donors (Lipinski definition) is 1. The first kappa shape index (κ1) is 21.5. The SMILES string of the molecule is CC(O)(c1ccc(C(=O)N(CC(F)(F)F)C2CCCCC2)cc1)C(F)(F)F. The topological polar surface area (TPSA) is 40.5 Å². The summed E-state index contributed by atoms with van der Waals surface area (Å²) in [4.78, 5) is 13.4. The van der Waals surface area contributed by atoms with E-state index >= 15 is 0 Å². The van der Waals surface area contributed by atoms with E-state index in [4.69, 9.17) is 0 Å². The molecule has 0 aliphatic heterocycles. The maximum absolute atomic E-state index is 12.9. The molecule has 1 aromatic rings. The number of halogens is 6. The summed E-state index contributed by atoms with van der Waals surface area (Å²) in [6.07, 6.45) is -6.24. The van der Waals surface area contributed by atoms with Crippen LogP contribution in [0.25, 0.3) is 0 Å². The Labute approximate surface area is 153 Å². The number of benzene rings is 1. The van der Waals surface area contributed by atoms with Crippen molar-refractivity contribution in [2.45, 2.75) is 63.0 Å². The Bertz CT molecular complexity index is 645. The van der Waals surface area contributed by atoms with Crippen molar-refractivity contribution in [3.05, 3.63) is 35.4 Å². The van der Waals surface area contributed by atoms with Gasteiger partial charge in [-0.2, -0.15) is 26.3 Å². The van der Waals surface area contributed by atoms with Gasteiger partial charge in [-0.1, -0.05) is 31.4 Å². The van der Waals surface area contributed by atoms with Gasteiger partial charge in [-0.25, -0.2) is 0 Å². The van der Waals surface area contributed by atoms with E-state index in [2.05, 4.69) is 0 Å². The van der Waals surface area contributed by atoms with Crippen LogP contribution in [0.2, 0.25) is 0 Å². The van der Waals surface area contributed by atoms with Crippen molar-refractivity contribution in [3.63, 3.8) is 0 Å². The normalized spacial score (nSPS) is 18.8. The van der Waals surface area contributed by atoms with Crippen LogP contribution in [-0.2, 0) is 5.60 Å². The highest BCUT2D eigenvalue weighted by molar-refractivity contribution is 5.94. The summed E-state index contributed by atoms with van der Waals surface area (Å²) in [6.45, 7) is -0.833. The Morgan fingerprint density at radius 1 is 1.04 bits per heavy atom. The van der Waals surface area contributed by atoms with Crippen LogP contribution in [0.3, 0.4) is 0 Å². The van der Waals surface area contributed by atoms with Gasteiger partial charge in [0.05, 0.1) is 0 Å². The second kappa shape index (κ2) is 7.69. The number of hydrogen-bond acceptors (Lipinski definition) is 2. The summed E-state index contributed by atoms with van der Waals surface area (Å²) in [6, 6.07) is 3.31. The molecule has 9 heteroatoms. The van der Waals surface area contributed by atoms with Gasteiger partial charge in [-0.15, -0.1) is 0 Å². The van der Waals surface area contributed by atoms with Crippen LogP contribution >= 0.6 is 0 Å². The van der Waals surface area contributed by atoms with E-state index in [0.29, 0.717) is 19.8 Å². The second-order valence-corrected chi connectivity index (χ2v) is 6.99. The highest BCUT2D eigenvalue weighted by Gasteiger charge is 2.51. The first-order chi connectivity index (χ1) is 12.3. The van der Waals surface area contributed by atoms with E-state index in [1.807, 2.05) is 0 Å². The fourth-order valence-corrected chi connectivity index (χ4v) is 3.22. The van der Waals surface area contributed by atoms with Gasteiger partial charge >= 0.3 is 12.4 Å². The Balaban J connectivity index is 2.27. The van der Waals surface area contributed by atoms with Gasteiger partial charge in [-0.3, -0.25) is 4.79 Å². The zero-order valence-electron chi connectivity index (χ0n) is 14.7. The molecule has 152 valence electrons. The van der Waals surface area contributed by atoms with E-state index in [9.17, 15) is 36.2 Å². The highest BCUT2D eigenvalue weighted by atomic mass is 19.4. The lowest BCUT2D eigenvalue weighted by Gasteiger charge is -2.35. The molecule has 1 fully saturated rings. The molecule has 1 N–H and O–H groups in total. The summed E-state index contributed by atoms with van der Waals surface area (Å²) in [5, 5.41) is 9.65. The van der Waals surface area contributed by atoms with Crippen molar-refractivity contribution in [1.82, 2.24) is 4.90 Å². The molecule has 0 saturated heterocycles. The van der Waals surface area contributed by atoms with Crippen LogP contribution in [0, 0.1) is 0 Å². The van der Waals surface area contributed by atoms with Crippen molar-refractivity contribution in [1.29, 1.82) is 0 Å². The molecule has 0 spiro atoms. The molecule has 1 aromatic carbocycles. The number of nitrogens with zero attached hydrogens (tertiary/aromatic N) is 1. The van der Waals surface area contributed by atoms with Crippen molar-refractivity contribution >= 4 is 5.91 Å². The monoisotopic (exact) mass is 397 g/mol. The number of amides is 1. The molecule has 1 atom stereocenters. The highest BCUT2D eigenvalue weighted by Crippen LogP contribution is 2.38. The molecule has 3 nitrogen and oxygen atoms in total. The van der Waals surface area contributed by atoms with Crippen molar-refractivity contribution in [2.24, 2.45) is 0 Å². The fourth-order valence-electron chi connectivity index (χ4n) is 3.22. The Morgan fingerprint density at radius 3 is 2.00 bits per heavy atom. The lowest BCUT2D eigenvalue weighted by molar-refractivity contribution is -0.258. The first-order valence-electron chi connectivity index (χ1n) is 8.60. The zero-order chi connectivity index (χ0) is 20.5. The molecular formula is C18H21F6NO2. The largest absolute Gasteiger partial charge is 0.421 e. The maximum atomic E-state index is 12.9. The van der Waals surface area contributed by atoms with Gasteiger partial charge in [0.15, 0.2) is 5.60 Å². The predicted octanol–water partition coefficient (Wildman–Crippen LogP) is 4.79. The van der Waals surface area contributed by atoms with Crippen molar-refractivity contribution in [3.8, 4) is 0 Å². The summed E-state index contributed by atoms with van der Waals surface area (Å²) in [5.74, 6) is -0.877. The van der Waals surface area contributed by atoms with Crippen LogP contribution in [0.1, 0.15) is 54.9 Å². The lowest BCUT2D eigenvalue weighted by atomic mass is 9.92. The van der Waals surface area contributed by atoms with E-state index < -0.39 is 42.0 Å². The third kappa shape index (κ3) is 5.15. The van der Waals surface area contributed by atoms with Gasteiger partial charge in [0.25, 0.3) is 5.91 Å². The van der Waals surface area contributed by atoms with E-state index in [-0.39, 0.29) is 5.56 Å². The lowest BCUT2D eigenvalue weighted by Crippen LogP contribution is -2.46. The summed E-state index contributed by atoms with van der Waals surface area (Å²) in [7, 11) is 0. The molecular weight excluding hydrogens is 376 g/mol. The first-order valence-corrected chi connectivity index (χ1v) is 8.60. The minimum atomic E-state index is -4.93. The number of carbonyl (C=O) groups excluding carboxylic acids is 1. The minimum absolute atomic E-state index is 0.147. The van der Waals surface area contributed by atoms with Gasteiger partial charge in [-0.05, 0) is 37.5 Å². The predicted molar refractivity (Wildman–Crippen MR) is 86.0 cm³/mol. The van der Waals surface area contributed by atoms with E-state index in [0.717, 1.165) is 48.4 Å². The molecule has 1 aliphatic carbocycles. The maximum Gasteiger partial charge on any atom is 0.421 e. The Kier molecular flexibility index (Phi) is 6.13. The van der Waals surface area contributed by atoms with Gasteiger partial charge < -0.3 is 10.0 Å². The third-order valence-corrected chi connectivity index (χ3v) is 4.87. The van der Waals surface area contributed by atoms with Crippen LogP contribution in [0.5, 0.6) is 0 Å². The van der Waals surface area contributed by atoms with E-state index in [1.165, 1.54) is 0 Å². The zero-order valence-corrected chi connectivity index (χ0v) is 14.7. The summed E-state index contributed by atoms with van der Waals surface area (Å²) >= 11 is 0. The molecule has 1 saturated carbocycles. The van der Waals surface area contributed by atoms with Crippen LogP contribution < -0.4 is 0 Å². The van der Waals surface area contributed by atoms with Gasteiger partial charge in [0.1, 0.15) is 6.54 Å². The average molecular weight is 397 g/mol. The minimum Gasteiger partial charge on any atom is -0.376 e. The smallest absolute Gasteiger partial charge is 0.376 e. The quantitative estimate of drug-likeness (QED) is 0.742. The van der Waals surface area contributed by atoms with Gasteiger partial charge in [0, 0.05) is 11.6 Å². The molecule has 0 heterocycles. The Morgan fingerprint density at radius 2 is 1.56 bits per heavy atom. The molecule has 27 heavy (non-hydrogen) atoms. The van der Waals surface area contributed by atoms with E-state index in [1.54, 1.807) is 0 Å². The average Bonchev–Trinajstić information content (AvgIpc) is 2.58. The molecule has 0 radical (unpaired) electrons. The number of aliphatic hydroxyl groups is 1. The third-order valence-electron chi connectivity index (χ3n) is 4.87. The Hall–Kier alpha value is -1.77. The van der Waals surface area contributed by atoms with Crippen LogP contribution in [0.15, 0.2) is 24.3 Å². The molecule has 0 bridgehead atoms. The van der Waals surface area contributed by atoms with Crippen molar-refractivity contribution < 1.29 is 36.2 Å². The fraction of sp³-hybridized carbons (Fsp3) is 0.611. The standard InChI is InChI=1S/C18H21F6NO2/c1-16(27,18(22,23)24)13-9-7-12(8-10-13)15(26)25(11-17(19,20)21)14-5-3-2-4-6-14/h7-10,14,27H,2-6,11H2,1H3. The second-order valence-electron chi connectivity index (χ2n) is 6.99. The molecule has 1 unspecified atom stereocenters. The molecule has 1 aliphatic rings. The van der Waals surface area contributed by atoms with Crippen LogP contribution in [-0.4, -0.2) is 40.9 Å². The van der Waals surface area contributed by atoms with Crippen molar-refractivity contribution in [2.75, 3.05) is 6.54 Å². The summed E-state index contributed by atoms with van der Waals surface area (Å²) < 4.78 is 77.5. The molecule has 0 aromatic heterocycles. The number of alkyl halides is 6. The number of carbonyl (C=O) groups is 1. The summed E-state index contributed by atoms with van der Waals surface area (Å²) in [5.41, 5.74) is -3.76. The van der Waals surface area contributed by atoms with Crippen LogP contribution in [0.4, 0.5) is 26.3 Å².